The van der Waals surface area contributed by atoms with Crippen LogP contribution in [0, 0.1) is 0 Å². The van der Waals surface area contributed by atoms with Gasteiger partial charge in [0.15, 0.2) is 0 Å². The number of rotatable bonds is 10. The number of hydrogen-bond acceptors (Lipinski definition) is 8. The van der Waals surface area contributed by atoms with E-state index in [9.17, 15) is 25.9 Å². The van der Waals surface area contributed by atoms with Crippen LogP contribution in [0.3, 0.4) is 0 Å². The molecule has 0 unspecified atom stereocenters. The number of aromatic nitrogens is 2. The molecule has 2 aromatic heterocycles. The van der Waals surface area contributed by atoms with Crippen LogP contribution < -0.4 is 59.1 Å². The van der Waals surface area contributed by atoms with Gasteiger partial charge in [-0.25, -0.2) is 16.8 Å². The third kappa shape index (κ3) is 7.63. The Labute approximate surface area is 302 Å². The summed E-state index contributed by atoms with van der Waals surface area (Å²) in [5.74, 6) is 0. The molecular formula is C32H30N2Na2O6S2. The minimum absolute atomic E-state index is 0. The molecule has 0 atom stereocenters. The van der Waals surface area contributed by atoms with Crippen LogP contribution >= 0.6 is 0 Å². The molecule has 0 spiro atoms. The summed E-state index contributed by atoms with van der Waals surface area (Å²) in [6, 6.07) is 20.8. The molecule has 2 heterocycles. The zero-order valence-corrected chi connectivity index (χ0v) is 31.0. The maximum Gasteiger partial charge on any atom is 1.00 e. The number of hydrogen-bond donors (Lipinski definition) is 0. The average Bonchev–Trinajstić information content (AvgIpc) is 2.97. The summed E-state index contributed by atoms with van der Waals surface area (Å²) >= 11 is 0. The molecule has 0 saturated carbocycles. The summed E-state index contributed by atoms with van der Waals surface area (Å²) in [5.41, 5.74) is 3.13. The third-order valence-corrected chi connectivity index (χ3v) is 9.22. The Balaban J connectivity index is 0.00000264. The van der Waals surface area contributed by atoms with Crippen LogP contribution in [-0.4, -0.2) is 35.9 Å². The van der Waals surface area contributed by atoms with Crippen molar-refractivity contribution in [1.29, 1.82) is 0 Å². The van der Waals surface area contributed by atoms with E-state index < -0.39 is 30.0 Å². The topological polar surface area (TPSA) is 140 Å². The second kappa shape index (κ2) is 15.3. The molecule has 3 aromatic carbocycles. The van der Waals surface area contributed by atoms with Crippen molar-refractivity contribution in [2.24, 2.45) is 0 Å². The number of aryl methyl sites for hydroxylation is 2. The van der Waals surface area contributed by atoms with Crippen molar-refractivity contribution in [2.45, 2.75) is 62.2 Å². The second-order valence-electron chi connectivity index (χ2n) is 10.3. The van der Waals surface area contributed by atoms with E-state index in [1.165, 1.54) is 0 Å². The zero-order chi connectivity index (χ0) is 30.1. The monoisotopic (exact) mass is 648 g/mol. The first-order valence-electron chi connectivity index (χ1n) is 13.9. The quantitative estimate of drug-likeness (QED) is 0.122. The van der Waals surface area contributed by atoms with Gasteiger partial charge >= 0.3 is 59.1 Å². The van der Waals surface area contributed by atoms with Gasteiger partial charge in [-0.2, -0.15) is 0 Å². The summed E-state index contributed by atoms with van der Waals surface area (Å²) in [6.45, 7) is 4.07. The molecule has 8 nitrogen and oxygen atoms in total. The van der Waals surface area contributed by atoms with E-state index in [2.05, 4.69) is 0 Å². The molecule has 0 aliphatic heterocycles. The van der Waals surface area contributed by atoms with Crippen LogP contribution in [0.15, 0.2) is 82.6 Å². The van der Waals surface area contributed by atoms with Gasteiger partial charge in [0.25, 0.3) is 0 Å². The Bertz CT molecular complexity index is 1860. The minimum atomic E-state index is -5.52. The molecule has 0 radical (unpaired) electrons. The van der Waals surface area contributed by atoms with E-state index in [0.29, 0.717) is 46.5 Å². The molecular weight excluding hydrogens is 618 g/mol. The predicted octanol–water partition coefficient (Wildman–Crippen LogP) is 0.618. The molecule has 0 N–H and O–H groups in total. The minimum Gasteiger partial charge on any atom is -0.744 e. The number of nitrogens with zero attached hydrogens (tertiary/aromatic N) is 2. The largest absolute Gasteiger partial charge is 1.00 e. The van der Waals surface area contributed by atoms with E-state index in [4.69, 9.17) is 9.97 Å². The van der Waals surface area contributed by atoms with E-state index in [1.54, 1.807) is 72.8 Å². The first kappa shape index (κ1) is 36.8. The summed E-state index contributed by atoms with van der Waals surface area (Å²) in [4.78, 5) is 7.46. The Morgan fingerprint density at radius 3 is 1.23 bits per heavy atom. The summed E-state index contributed by atoms with van der Waals surface area (Å²) in [5, 5.41) is -0.421. The first-order valence-corrected chi connectivity index (χ1v) is 16.7. The van der Waals surface area contributed by atoms with E-state index in [1.807, 2.05) is 13.8 Å². The summed E-state index contributed by atoms with van der Waals surface area (Å²) in [7, 11) is -11.0. The van der Waals surface area contributed by atoms with Crippen molar-refractivity contribution in [3.05, 3.63) is 84.2 Å². The van der Waals surface area contributed by atoms with Gasteiger partial charge in [-0.15, -0.1) is 0 Å². The number of benzene rings is 3. The van der Waals surface area contributed by atoms with Crippen LogP contribution in [-0.2, 0) is 33.1 Å². The van der Waals surface area contributed by atoms with Gasteiger partial charge in [0, 0.05) is 22.2 Å². The SMILES string of the molecule is CCCCc1cc(-c2ccccc2)c2c(S(=O)(=O)[O-])c(S(=O)(=O)[O-])c3c(-c4ccccc4)cc(CCCC)nc3c2n1.[Na+].[Na+]. The number of fused-ring (bicyclic) bond motifs is 3. The van der Waals surface area contributed by atoms with Gasteiger partial charge in [0.1, 0.15) is 20.2 Å². The molecule has 5 rings (SSSR count). The Hall–Kier alpha value is -1.70. The van der Waals surface area contributed by atoms with Gasteiger partial charge in [0.05, 0.1) is 20.8 Å². The van der Waals surface area contributed by atoms with Crippen molar-refractivity contribution >= 4 is 42.0 Å². The fraction of sp³-hybridized carbons (Fsp3) is 0.250. The molecule has 0 aliphatic carbocycles. The van der Waals surface area contributed by atoms with Crippen LogP contribution in [0.25, 0.3) is 44.1 Å². The molecule has 5 aromatic rings. The number of unbranched alkanes of at least 4 members (excludes halogenated alkanes) is 2. The molecule has 0 amide bonds. The maximum absolute atomic E-state index is 13.0. The Morgan fingerprint density at radius 2 is 0.932 bits per heavy atom. The normalized spacial score (nSPS) is 11.7. The Kier molecular flexibility index (Phi) is 12.8. The summed E-state index contributed by atoms with van der Waals surface area (Å²) < 4.78 is 78.3. The third-order valence-electron chi connectivity index (χ3n) is 7.27. The molecule has 44 heavy (non-hydrogen) atoms. The van der Waals surface area contributed by atoms with E-state index in [0.717, 1.165) is 25.7 Å². The molecule has 0 bridgehead atoms. The molecule has 0 aliphatic rings. The Morgan fingerprint density at radius 1 is 0.591 bits per heavy atom. The van der Waals surface area contributed by atoms with Crippen LogP contribution in [0.1, 0.15) is 50.9 Å². The van der Waals surface area contributed by atoms with Crippen molar-refractivity contribution < 1.29 is 85.1 Å². The fourth-order valence-corrected chi connectivity index (χ4v) is 7.55. The predicted molar refractivity (Wildman–Crippen MR) is 161 cm³/mol. The van der Waals surface area contributed by atoms with Crippen LogP contribution in [0.4, 0.5) is 0 Å². The standard InChI is InChI=1S/C32H32N2O6S2.2Na/c1-3-5-17-23-19-25(21-13-9-7-10-14-21)27-29(33-23)30-28(32(42(38,39)40)31(27)41(35,36)37)26(22-15-11-8-12-16-22)20-24(34-30)18-6-4-2;;/h7-16,19-20H,3-6,17-18H2,1-2H3,(H,35,36,37)(H,38,39,40);;/q;2*+1/p-2. The van der Waals surface area contributed by atoms with Crippen molar-refractivity contribution in [3.8, 4) is 22.3 Å². The van der Waals surface area contributed by atoms with Gasteiger partial charge < -0.3 is 9.11 Å². The first-order chi connectivity index (χ1) is 20.0. The molecule has 0 fully saturated rings. The van der Waals surface area contributed by atoms with Gasteiger partial charge in [0.2, 0.25) is 0 Å². The van der Waals surface area contributed by atoms with Crippen molar-refractivity contribution in [1.82, 2.24) is 9.97 Å². The van der Waals surface area contributed by atoms with Gasteiger partial charge in [-0.05, 0) is 60.1 Å². The number of pyridine rings is 2. The summed E-state index contributed by atoms with van der Waals surface area (Å²) in [6.07, 6.45) is 4.49. The molecule has 218 valence electrons. The fourth-order valence-electron chi connectivity index (χ4n) is 5.37. The van der Waals surface area contributed by atoms with E-state index in [-0.39, 0.29) is 80.9 Å². The van der Waals surface area contributed by atoms with Crippen LogP contribution in [0.2, 0.25) is 0 Å². The zero-order valence-electron chi connectivity index (χ0n) is 25.3. The van der Waals surface area contributed by atoms with E-state index >= 15 is 0 Å². The molecule has 12 heteroatoms. The average molecular weight is 649 g/mol. The second-order valence-corrected chi connectivity index (χ2v) is 12.9. The smallest absolute Gasteiger partial charge is 0.744 e. The maximum atomic E-state index is 13.0. The van der Waals surface area contributed by atoms with Crippen LogP contribution in [0.5, 0.6) is 0 Å². The van der Waals surface area contributed by atoms with Gasteiger partial charge in [-0.3, -0.25) is 9.97 Å². The molecule has 0 saturated heterocycles. The van der Waals surface area contributed by atoms with Crippen molar-refractivity contribution in [2.75, 3.05) is 0 Å². The van der Waals surface area contributed by atoms with Gasteiger partial charge in [-0.1, -0.05) is 87.4 Å². The van der Waals surface area contributed by atoms with Crippen molar-refractivity contribution in [3.63, 3.8) is 0 Å².